The summed E-state index contributed by atoms with van der Waals surface area (Å²) in [5.41, 5.74) is -0.610. The second-order valence-electron chi connectivity index (χ2n) is 12.3. The molecular weight excluding hydrogens is 709 g/mol. The molecule has 6 heterocycles. The van der Waals surface area contributed by atoms with Gasteiger partial charge < -0.3 is 24.8 Å². The first kappa shape index (κ1) is 34.7. The highest BCUT2D eigenvalue weighted by Crippen LogP contribution is 2.34. The van der Waals surface area contributed by atoms with Gasteiger partial charge in [0.05, 0.1) is 33.9 Å². The molecule has 4 aromatic heterocycles. The van der Waals surface area contributed by atoms with Crippen LogP contribution in [-0.2, 0) is 30.5 Å². The van der Waals surface area contributed by atoms with Crippen LogP contribution in [0.25, 0.3) is 5.78 Å². The van der Waals surface area contributed by atoms with Gasteiger partial charge in [0.25, 0.3) is 17.4 Å². The van der Waals surface area contributed by atoms with Crippen molar-refractivity contribution in [1.82, 2.24) is 43.8 Å². The van der Waals surface area contributed by atoms with Crippen LogP contribution < -0.4 is 20.7 Å². The van der Waals surface area contributed by atoms with Gasteiger partial charge in [-0.05, 0) is 38.0 Å². The zero-order valence-electron chi connectivity index (χ0n) is 27.9. The molecule has 7 rings (SSSR count). The molecule has 16 nitrogen and oxygen atoms in total. The van der Waals surface area contributed by atoms with Crippen LogP contribution >= 0.6 is 11.6 Å². The van der Waals surface area contributed by atoms with Crippen LogP contribution in [0.5, 0.6) is 5.75 Å². The first-order chi connectivity index (χ1) is 24.8. The number of amides is 2. The number of hydrogen-bond donors (Lipinski definition) is 2. The van der Waals surface area contributed by atoms with Gasteiger partial charge in [-0.2, -0.15) is 27.8 Å². The lowest BCUT2D eigenvalue weighted by molar-refractivity contribution is -0.137. The number of carbonyl (C=O) groups excluding carboxylic acids is 2. The monoisotopic (exact) mass is 740 g/mol. The average molecular weight is 741 g/mol. The molecular formula is C32H32ClF3N12O4. The molecule has 2 aliphatic rings. The van der Waals surface area contributed by atoms with E-state index < -0.39 is 35.7 Å². The van der Waals surface area contributed by atoms with Crippen molar-refractivity contribution in [2.75, 3.05) is 47.8 Å². The van der Waals surface area contributed by atoms with Crippen molar-refractivity contribution in [3.63, 3.8) is 0 Å². The van der Waals surface area contributed by atoms with E-state index in [9.17, 15) is 32.7 Å². The Morgan fingerprint density at radius 3 is 2.54 bits per heavy atom. The molecule has 0 radical (unpaired) electrons. The number of piperazine rings is 1. The summed E-state index contributed by atoms with van der Waals surface area (Å²) in [5, 5.41) is 21.6. The summed E-state index contributed by atoms with van der Waals surface area (Å²) >= 11 is 6.14. The molecule has 52 heavy (non-hydrogen) atoms. The Morgan fingerprint density at radius 1 is 1.06 bits per heavy atom. The molecule has 2 N–H and O–H groups in total. The van der Waals surface area contributed by atoms with Gasteiger partial charge in [-0.15, -0.1) is 5.10 Å². The second kappa shape index (κ2) is 13.4. The van der Waals surface area contributed by atoms with E-state index in [-0.39, 0.29) is 77.9 Å². The quantitative estimate of drug-likeness (QED) is 0.251. The Balaban J connectivity index is 1.25. The third-order valence-corrected chi connectivity index (χ3v) is 9.39. The number of aromatic nitrogens is 8. The molecule has 0 unspecified atom stereocenters. The lowest BCUT2D eigenvalue weighted by Crippen LogP contribution is -2.51. The molecule has 1 aromatic carbocycles. The van der Waals surface area contributed by atoms with Crippen molar-refractivity contribution >= 4 is 52.3 Å². The zero-order valence-corrected chi connectivity index (χ0v) is 28.7. The minimum Gasteiger partial charge on any atom is -0.504 e. The summed E-state index contributed by atoms with van der Waals surface area (Å²) in [7, 11) is 0. The van der Waals surface area contributed by atoms with Gasteiger partial charge in [0.15, 0.2) is 11.4 Å². The van der Waals surface area contributed by atoms with Crippen LogP contribution in [-0.4, -0.2) is 93.5 Å². The zero-order chi connectivity index (χ0) is 36.9. The molecule has 20 heteroatoms. The van der Waals surface area contributed by atoms with E-state index in [1.165, 1.54) is 11.2 Å². The third kappa shape index (κ3) is 6.24. The number of fused-ring (bicyclic) bond motifs is 2. The first-order valence-electron chi connectivity index (χ1n) is 16.4. The highest BCUT2D eigenvalue weighted by molar-refractivity contribution is 6.33. The van der Waals surface area contributed by atoms with Crippen molar-refractivity contribution in [3.8, 4) is 5.75 Å². The summed E-state index contributed by atoms with van der Waals surface area (Å²) in [5.74, 6) is -0.388. The van der Waals surface area contributed by atoms with Crippen LogP contribution in [0.3, 0.4) is 0 Å². The maximum Gasteiger partial charge on any atom is 0.416 e. The number of hydrogen-bond acceptors (Lipinski definition) is 11. The molecule has 1 saturated heterocycles. The molecule has 0 saturated carbocycles. The summed E-state index contributed by atoms with van der Waals surface area (Å²) in [6.07, 6.45) is -0.736. The van der Waals surface area contributed by atoms with Crippen molar-refractivity contribution in [2.24, 2.45) is 0 Å². The molecule has 0 spiro atoms. The normalized spacial score (nSPS) is 14.9. The van der Waals surface area contributed by atoms with E-state index in [0.717, 1.165) is 35.0 Å². The molecule has 0 atom stereocenters. The van der Waals surface area contributed by atoms with E-state index in [1.54, 1.807) is 22.4 Å². The number of alkyl halides is 3. The van der Waals surface area contributed by atoms with Crippen LogP contribution in [0.1, 0.15) is 40.8 Å². The fourth-order valence-electron chi connectivity index (χ4n) is 6.49. The Hall–Kier alpha value is -5.72. The molecule has 2 aliphatic heterocycles. The Bertz CT molecular complexity index is 2260. The van der Waals surface area contributed by atoms with Crippen molar-refractivity contribution in [2.45, 2.75) is 46.0 Å². The van der Waals surface area contributed by atoms with E-state index in [1.807, 2.05) is 22.8 Å². The summed E-state index contributed by atoms with van der Waals surface area (Å²) in [6.45, 7) is 5.07. The highest BCUT2D eigenvalue weighted by atomic mass is 35.5. The predicted octanol–water partition coefficient (Wildman–Crippen LogP) is 3.27. The number of anilines is 4. The number of halogens is 4. The van der Waals surface area contributed by atoms with Crippen molar-refractivity contribution < 1.29 is 27.9 Å². The minimum absolute atomic E-state index is 0.0237. The van der Waals surface area contributed by atoms with E-state index in [4.69, 9.17) is 16.6 Å². The van der Waals surface area contributed by atoms with Crippen LogP contribution in [0.2, 0.25) is 5.02 Å². The summed E-state index contributed by atoms with van der Waals surface area (Å²) < 4.78 is 44.2. The average Bonchev–Trinajstić information content (AvgIpc) is 3.79. The van der Waals surface area contributed by atoms with Crippen molar-refractivity contribution in [3.05, 3.63) is 74.8 Å². The number of benzene rings is 1. The summed E-state index contributed by atoms with van der Waals surface area (Å²) in [4.78, 5) is 59.0. The fourth-order valence-corrected chi connectivity index (χ4v) is 6.72. The van der Waals surface area contributed by atoms with Gasteiger partial charge >= 0.3 is 6.18 Å². The van der Waals surface area contributed by atoms with Crippen LogP contribution in [0.4, 0.5) is 36.3 Å². The Morgan fingerprint density at radius 2 is 1.83 bits per heavy atom. The second-order valence-corrected chi connectivity index (χ2v) is 12.7. The molecule has 0 aliphatic carbocycles. The van der Waals surface area contributed by atoms with E-state index >= 15 is 0 Å². The van der Waals surface area contributed by atoms with E-state index in [2.05, 4.69) is 25.5 Å². The standard InChI is InChI=1S/C32H32ClF3N12O4/c1-3-22-26(43-11-13-44(14-12-43)28(51)25-27(50)18(2)37-17-38-25)29(52)48-31(41-30(42-48)45-9-4-10-47-24(45)7-8-39-47)46(22)16-23(49)40-21-6-5-19(15-20(21)33)32(34,35)36/h5-8,15,17,50H,3-4,9-14,16H2,1-2H3,(H,40,49). The number of nitrogens with one attached hydrogen (secondary N) is 1. The lowest BCUT2D eigenvalue weighted by Gasteiger charge is -2.36. The molecule has 1 fully saturated rings. The number of nitrogens with zero attached hydrogens (tertiary/aromatic N) is 11. The first-order valence-corrected chi connectivity index (χ1v) is 16.8. The van der Waals surface area contributed by atoms with Crippen LogP contribution in [0, 0.1) is 6.92 Å². The van der Waals surface area contributed by atoms with Gasteiger partial charge in [-0.3, -0.25) is 19.3 Å². The number of carbonyl (C=O) groups is 2. The number of aryl methyl sites for hydroxylation is 2. The van der Waals surface area contributed by atoms with Gasteiger partial charge in [-0.25, -0.2) is 14.6 Å². The molecule has 2 amide bonds. The predicted molar refractivity (Wildman–Crippen MR) is 182 cm³/mol. The number of rotatable bonds is 7. The molecule has 272 valence electrons. The maximum absolute atomic E-state index is 14.3. The minimum atomic E-state index is -4.62. The van der Waals surface area contributed by atoms with Crippen LogP contribution in [0.15, 0.2) is 41.6 Å². The largest absolute Gasteiger partial charge is 0.504 e. The smallest absolute Gasteiger partial charge is 0.416 e. The number of aromatic hydroxyl groups is 1. The molecule has 0 bridgehead atoms. The van der Waals surface area contributed by atoms with Gasteiger partial charge in [0, 0.05) is 45.3 Å². The van der Waals surface area contributed by atoms with Crippen molar-refractivity contribution in [1.29, 1.82) is 0 Å². The van der Waals surface area contributed by atoms with Gasteiger partial charge in [0.1, 0.15) is 24.4 Å². The Labute approximate surface area is 298 Å². The van der Waals surface area contributed by atoms with E-state index in [0.29, 0.717) is 18.8 Å². The topological polar surface area (TPSA) is 172 Å². The maximum atomic E-state index is 14.3. The highest BCUT2D eigenvalue weighted by Gasteiger charge is 2.33. The third-order valence-electron chi connectivity index (χ3n) is 9.08. The Kier molecular flexibility index (Phi) is 8.97. The summed E-state index contributed by atoms with van der Waals surface area (Å²) in [6, 6.07) is 4.44. The van der Waals surface area contributed by atoms with Gasteiger partial charge in [-0.1, -0.05) is 18.5 Å². The lowest BCUT2D eigenvalue weighted by atomic mass is 10.2. The SMILES string of the molecule is CCc1c(N2CCN(C(=O)c3ncnc(C)c3O)CC2)c(=O)n2nc(N3CCCn4nccc43)nc2n1CC(=O)Nc1ccc(C(F)(F)F)cc1Cl. The fraction of sp³-hybridized carbons (Fsp3) is 0.375. The molecule has 5 aromatic rings. The van der Waals surface area contributed by atoms with Gasteiger partial charge in [0.2, 0.25) is 11.7 Å².